The van der Waals surface area contributed by atoms with Gasteiger partial charge in [0.25, 0.3) is 0 Å². The molecule has 4 heterocycles. The Morgan fingerprint density at radius 2 is 1.20 bits per heavy atom. The van der Waals surface area contributed by atoms with Crippen molar-refractivity contribution in [3.05, 3.63) is 0 Å². The number of methoxy groups -OCH3 is 1. The van der Waals surface area contributed by atoms with Gasteiger partial charge in [-0.05, 0) is 50.1 Å². The molecule has 4 saturated heterocycles. The van der Waals surface area contributed by atoms with Crippen LogP contribution in [0.1, 0.15) is 55.4 Å². The van der Waals surface area contributed by atoms with E-state index in [4.69, 9.17) is 42.0 Å². The first-order chi connectivity index (χ1) is 18.2. The molecule has 4 aliphatic rings. The Labute approximate surface area is 242 Å². The van der Waals surface area contributed by atoms with Crippen LogP contribution in [0.5, 0.6) is 0 Å². The van der Waals surface area contributed by atoms with E-state index >= 15 is 0 Å². The molecule has 0 amide bonds. The normalized spacial score (nSPS) is 40.0. The molecule has 10 nitrogen and oxygen atoms in total. The summed E-state index contributed by atoms with van der Waals surface area (Å²) in [5.74, 6) is -0.867. The van der Waals surface area contributed by atoms with Gasteiger partial charge in [0.2, 0.25) is 0 Å². The summed E-state index contributed by atoms with van der Waals surface area (Å²) in [6.07, 6.45) is -5.64. The largest absolute Gasteiger partial charge is 0.414 e. The smallest absolute Gasteiger partial charge is 0.192 e. The van der Waals surface area contributed by atoms with E-state index in [1.54, 1.807) is 7.11 Å². The van der Waals surface area contributed by atoms with Crippen molar-refractivity contribution in [3.8, 4) is 0 Å². The van der Waals surface area contributed by atoms with Gasteiger partial charge < -0.3 is 47.1 Å². The van der Waals surface area contributed by atoms with Gasteiger partial charge in [-0.15, -0.1) is 0 Å². The van der Waals surface area contributed by atoms with Gasteiger partial charge in [0.1, 0.15) is 48.8 Å². The molecule has 12 heteroatoms. The fourth-order valence-electron chi connectivity index (χ4n) is 4.92. The van der Waals surface area contributed by atoms with Crippen LogP contribution in [-0.4, -0.2) is 109 Å². The third-order valence-corrected chi connectivity index (χ3v) is 18.6. The third-order valence-electron chi connectivity index (χ3n) is 9.64. The second kappa shape index (κ2) is 11.2. The van der Waals surface area contributed by atoms with E-state index in [0.29, 0.717) is 13.2 Å². The van der Waals surface area contributed by atoms with Gasteiger partial charge >= 0.3 is 0 Å². The molecule has 0 saturated carbocycles. The second-order valence-corrected chi connectivity index (χ2v) is 24.8. The lowest BCUT2D eigenvalue weighted by Gasteiger charge is -2.44. The van der Waals surface area contributed by atoms with Crippen LogP contribution in [0.4, 0.5) is 0 Å². The molecule has 0 bridgehead atoms. The summed E-state index contributed by atoms with van der Waals surface area (Å²) < 4.78 is 56.2. The Balaban J connectivity index is 1.52. The van der Waals surface area contributed by atoms with Crippen LogP contribution in [0.15, 0.2) is 0 Å². The molecule has 0 spiro atoms. The fraction of sp³-hybridized carbons (Fsp3) is 1.00. The maximum Gasteiger partial charge on any atom is 0.192 e. The van der Waals surface area contributed by atoms with Crippen molar-refractivity contribution in [2.75, 3.05) is 20.3 Å². The Bertz CT molecular complexity index is 885. The van der Waals surface area contributed by atoms with E-state index in [9.17, 15) is 5.11 Å². The van der Waals surface area contributed by atoms with Gasteiger partial charge in [-0.2, -0.15) is 0 Å². The van der Waals surface area contributed by atoms with Crippen LogP contribution in [0.25, 0.3) is 0 Å². The van der Waals surface area contributed by atoms with Crippen LogP contribution >= 0.6 is 0 Å². The maximum atomic E-state index is 11.4. The monoisotopic (exact) mass is 606 g/mol. The topological polar surface area (TPSA) is 107 Å². The van der Waals surface area contributed by atoms with Crippen molar-refractivity contribution in [2.24, 2.45) is 0 Å². The molecule has 0 aromatic carbocycles. The minimum atomic E-state index is -2.07. The van der Waals surface area contributed by atoms with Crippen LogP contribution in [0.3, 0.4) is 0 Å². The summed E-state index contributed by atoms with van der Waals surface area (Å²) in [5, 5.41) is 11.5. The summed E-state index contributed by atoms with van der Waals surface area (Å²) in [4.78, 5) is 0. The lowest BCUT2D eigenvalue weighted by Crippen LogP contribution is -2.61. The molecule has 4 fully saturated rings. The number of hydrogen-bond acceptors (Lipinski definition) is 10. The van der Waals surface area contributed by atoms with E-state index in [-0.39, 0.29) is 22.3 Å². The highest BCUT2D eigenvalue weighted by atomic mass is 28.4. The van der Waals surface area contributed by atoms with Crippen LogP contribution in [0, 0.1) is 0 Å². The first kappa shape index (κ1) is 32.9. The first-order valence-electron chi connectivity index (χ1n) is 14.6. The highest BCUT2D eigenvalue weighted by Crippen LogP contribution is 2.44. The molecule has 1 N–H and O–H groups in total. The van der Waals surface area contributed by atoms with Crippen molar-refractivity contribution in [3.63, 3.8) is 0 Å². The molecule has 0 radical (unpaired) electrons. The van der Waals surface area contributed by atoms with Gasteiger partial charge in [0, 0.05) is 7.11 Å². The Morgan fingerprint density at radius 3 is 1.73 bits per heavy atom. The van der Waals surface area contributed by atoms with Crippen molar-refractivity contribution in [2.45, 2.75) is 159 Å². The van der Waals surface area contributed by atoms with Gasteiger partial charge in [0.15, 0.2) is 35.0 Å². The zero-order chi connectivity index (χ0) is 30.1. The van der Waals surface area contributed by atoms with Crippen molar-refractivity contribution in [1.29, 1.82) is 0 Å². The van der Waals surface area contributed by atoms with E-state index < -0.39 is 71.6 Å². The zero-order valence-corrected chi connectivity index (χ0v) is 28.8. The standard InChI is InChI=1S/C28H54O10Si2/c1-26(2,3)39(10,11)31-14-16-19(22-23(35-22)25(30-9)34-16)36-24-18(29)21-20(37-28(7,8)38-21)17(33-24)15-32-40(12,13)27(4,5)6/h16-25,29H,14-15H2,1-13H3/t16-,17-,18-,19-,20+,21-,22-,23-,24+,25-/m1/s1. The molecule has 4 aliphatic heterocycles. The van der Waals surface area contributed by atoms with Crippen molar-refractivity contribution < 1.29 is 47.1 Å². The number of aliphatic hydroxyl groups excluding tert-OH is 1. The summed E-state index contributed by atoms with van der Waals surface area (Å²) in [6, 6.07) is 0. The Kier molecular flexibility index (Phi) is 9.21. The van der Waals surface area contributed by atoms with E-state index in [2.05, 4.69) is 67.7 Å². The number of ether oxygens (including phenoxy) is 7. The minimum Gasteiger partial charge on any atom is -0.414 e. The third kappa shape index (κ3) is 6.73. The fourth-order valence-corrected chi connectivity index (χ4v) is 6.94. The summed E-state index contributed by atoms with van der Waals surface area (Å²) in [6.45, 7) is 26.4. The lowest BCUT2D eigenvalue weighted by atomic mass is 9.98. The quantitative estimate of drug-likeness (QED) is 0.304. The predicted octanol–water partition coefficient (Wildman–Crippen LogP) is 4.16. The van der Waals surface area contributed by atoms with Crippen molar-refractivity contribution in [1.82, 2.24) is 0 Å². The molecule has 234 valence electrons. The van der Waals surface area contributed by atoms with Crippen molar-refractivity contribution >= 4 is 16.6 Å². The molecule has 40 heavy (non-hydrogen) atoms. The molecular formula is C28H54O10Si2. The maximum absolute atomic E-state index is 11.4. The number of fused-ring (bicyclic) bond motifs is 2. The molecular weight excluding hydrogens is 552 g/mol. The molecule has 0 unspecified atom stereocenters. The number of epoxide rings is 1. The minimum absolute atomic E-state index is 0.0375. The molecule has 4 rings (SSSR count). The molecule has 0 aliphatic carbocycles. The predicted molar refractivity (Wildman–Crippen MR) is 154 cm³/mol. The number of hydrogen-bond donors (Lipinski definition) is 1. The zero-order valence-electron chi connectivity index (χ0n) is 26.8. The van der Waals surface area contributed by atoms with Gasteiger partial charge in [0.05, 0.1) is 13.2 Å². The van der Waals surface area contributed by atoms with E-state index in [1.807, 2.05) is 13.8 Å². The first-order valence-corrected chi connectivity index (χ1v) is 20.5. The van der Waals surface area contributed by atoms with Gasteiger partial charge in [-0.1, -0.05) is 41.5 Å². The SMILES string of the molecule is CO[C@@H]1O[C@H](CO[Si](C)(C)C(C)(C)C)[C@@H](O[C@@H]2O[C@H](CO[Si](C)(C)C(C)(C)C)[C@@H]3OC(C)(C)O[C@@H]3[C@H]2O)[C@H]2O[C@@H]12. The summed E-state index contributed by atoms with van der Waals surface area (Å²) in [5.41, 5.74) is 0. The van der Waals surface area contributed by atoms with Crippen LogP contribution in [-0.2, 0) is 42.0 Å². The molecule has 0 aromatic heterocycles. The van der Waals surface area contributed by atoms with E-state index in [1.165, 1.54) is 0 Å². The van der Waals surface area contributed by atoms with Crippen LogP contribution < -0.4 is 0 Å². The molecule has 0 aromatic rings. The average Bonchev–Trinajstić information content (AvgIpc) is 3.54. The number of aliphatic hydroxyl groups is 1. The average molecular weight is 607 g/mol. The van der Waals surface area contributed by atoms with Gasteiger partial charge in [-0.3, -0.25) is 0 Å². The Morgan fingerprint density at radius 1 is 0.700 bits per heavy atom. The number of rotatable bonds is 9. The summed E-state index contributed by atoms with van der Waals surface area (Å²) in [7, 11) is -2.52. The highest BCUT2D eigenvalue weighted by molar-refractivity contribution is 6.74. The second-order valence-electron chi connectivity index (χ2n) is 15.2. The lowest BCUT2D eigenvalue weighted by molar-refractivity contribution is -0.314. The summed E-state index contributed by atoms with van der Waals surface area (Å²) >= 11 is 0. The van der Waals surface area contributed by atoms with E-state index in [0.717, 1.165) is 0 Å². The van der Waals surface area contributed by atoms with Crippen LogP contribution in [0.2, 0.25) is 36.3 Å². The van der Waals surface area contributed by atoms with Gasteiger partial charge in [-0.25, -0.2) is 0 Å². The molecule has 10 atom stereocenters. The highest BCUT2D eigenvalue weighted by Gasteiger charge is 2.62. The Hall–Kier alpha value is 0.0338.